The molecule has 3 aromatic rings. The zero-order chi connectivity index (χ0) is 16.2. The van der Waals surface area contributed by atoms with Crippen molar-refractivity contribution in [1.82, 2.24) is 29.9 Å². The Morgan fingerprint density at radius 3 is 2.50 bits per heavy atom. The minimum Gasteiger partial charge on any atom is -0.299 e. The molecule has 4 rings (SSSR count). The van der Waals surface area contributed by atoms with Crippen LogP contribution >= 0.6 is 0 Å². The molecule has 2 aromatic heterocycles. The average Bonchev–Trinajstić information content (AvgIpc) is 3.31. The number of nitrogens with one attached hydrogen (secondary N) is 1. The molecule has 0 saturated carbocycles. The summed E-state index contributed by atoms with van der Waals surface area (Å²) in [5.74, 6) is 1.55. The van der Waals surface area contributed by atoms with Crippen LogP contribution in [-0.4, -0.2) is 43.0 Å². The molecule has 24 heavy (non-hydrogen) atoms. The molecule has 0 atom stereocenters. The van der Waals surface area contributed by atoms with Gasteiger partial charge in [-0.3, -0.25) is 14.7 Å². The predicted molar refractivity (Wildman–Crippen MR) is 91.4 cm³/mol. The maximum Gasteiger partial charge on any atom is 0.137 e. The summed E-state index contributed by atoms with van der Waals surface area (Å²) in [5.41, 5.74) is 2.74. The van der Waals surface area contributed by atoms with Crippen LogP contribution in [0.1, 0.15) is 35.7 Å². The lowest BCUT2D eigenvalue weighted by Crippen LogP contribution is -2.33. The van der Waals surface area contributed by atoms with Gasteiger partial charge in [-0.25, -0.2) is 4.98 Å². The number of nitrogens with zero attached hydrogens (tertiary/aromatic N) is 5. The zero-order valence-electron chi connectivity index (χ0n) is 13.7. The van der Waals surface area contributed by atoms with Gasteiger partial charge in [0.05, 0.1) is 6.54 Å². The molecule has 0 bridgehead atoms. The Hall–Kier alpha value is -2.47. The molecule has 0 amide bonds. The maximum atomic E-state index is 4.32. The number of hydrogen-bond acceptors (Lipinski definition) is 4. The molecule has 1 aliphatic heterocycles. The Morgan fingerprint density at radius 2 is 1.83 bits per heavy atom. The van der Waals surface area contributed by atoms with Crippen LogP contribution in [0.4, 0.5) is 0 Å². The summed E-state index contributed by atoms with van der Waals surface area (Å²) in [4.78, 5) is 6.85. The van der Waals surface area contributed by atoms with Gasteiger partial charge in [-0.1, -0.05) is 24.3 Å². The van der Waals surface area contributed by atoms with Gasteiger partial charge in [0, 0.05) is 24.9 Å². The molecule has 0 radical (unpaired) electrons. The Bertz CT molecular complexity index is 742. The Morgan fingerprint density at radius 1 is 1.04 bits per heavy atom. The highest BCUT2D eigenvalue weighted by Crippen LogP contribution is 2.26. The predicted octanol–water partition coefficient (Wildman–Crippen LogP) is 2.43. The van der Waals surface area contributed by atoms with Crippen LogP contribution in [0.5, 0.6) is 0 Å². The quantitative estimate of drug-likeness (QED) is 0.783. The van der Waals surface area contributed by atoms with Crippen molar-refractivity contribution < 1.29 is 0 Å². The summed E-state index contributed by atoms with van der Waals surface area (Å²) < 4.78 is 1.98. The molecule has 0 unspecified atom stereocenters. The van der Waals surface area contributed by atoms with Gasteiger partial charge in [-0.05, 0) is 43.1 Å². The molecule has 1 saturated heterocycles. The van der Waals surface area contributed by atoms with Crippen molar-refractivity contribution in [3.8, 4) is 0 Å². The zero-order valence-corrected chi connectivity index (χ0v) is 13.7. The van der Waals surface area contributed by atoms with Crippen LogP contribution in [0.2, 0.25) is 0 Å². The van der Waals surface area contributed by atoms with E-state index in [4.69, 9.17) is 0 Å². The first-order chi connectivity index (χ1) is 11.9. The molecular weight excluding hydrogens is 300 g/mol. The van der Waals surface area contributed by atoms with E-state index in [0.717, 1.165) is 44.8 Å². The van der Waals surface area contributed by atoms with E-state index in [2.05, 4.69) is 49.4 Å². The third-order valence-electron chi connectivity index (χ3n) is 4.81. The van der Waals surface area contributed by atoms with E-state index in [9.17, 15) is 0 Å². The number of aromatic amines is 1. The van der Waals surface area contributed by atoms with Gasteiger partial charge in [-0.15, -0.1) is 0 Å². The molecule has 6 nitrogen and oxygen atoms in total. The number of rotatable bonds is 5. The maximum absolute atomic E-state index is 4.32. The first kappa shape index (κ1) is 15.1. The minimum atomic E-state index is 0.517. The van der Waals surface area contributed by atoms with Crippen LogP contribution < -0.4 is 0 Å². The largest absolute Gasteiger partial charge is 0.299 e. The van der Waals surface area contributed by atoms with E-state index in [1.165, 1.54) is 11.1 Å². The number of piperidine rings is 1. The van der Waals surface area contributed by atoms with Gasteiger partial charge in [0.25, 0.3) is 0 Å². The van der Waals surface area contributed by atoms with Crippen molar-refractivity contribution in [3.05, 3.63) is 66.0 Å². The topological polar surface area (TPSA) is 62.6 Å². The smallest absolute Gasteiger partial charge is 0.137 e. The SMILES string of the molecule is c1ccc(Cn2cccn2)c(CN2CCC(c3ncn[nH]3)CC2)c1. The van der Waals surface area contributed by atoms with Crippen molar-refractivity contribution in [3.63, 3.8) is 0 Å². The van der Waals surface area contributed by atoms with Gasteiger partial charge >= 0.3 is 0 Å². The van der Waals surface area contributed by atoms with E-state index >= 15 is 0 Å². The second-order valence-corrected chi connectivity index (χ2v) is 6.39. The molecule has 0 aliphatic carbocycles. The monoisotopic (exact) mass is 322 g/mol. The molecule has 1 N–H and O–H groups in total. The highest BCUT2D eigenvalue weighted by Gasteiger charge is 2.22. The van der Waals surface area contributed by atoms with E-state index in [1.54, 1.807) is 6.33 Å². The van der Waals surface area contributed by atoms with Crippen molar-refractivity contribution >= 4 is 0 Å². The van der Waals surface area contributed by atoms with Crippen molar-refractivity contribution in [2.24, 2.45) is 0 Å². The Balaban J connectivity index is 1.39. The van der Waals surface area contributed by atoms with Gasteiger partial charge in [0.2, 0.25) is 0 Å². The average molecular weight is 322 g/mol. The fraction of sp³-hybridized carbons (Fsp3) is 0.389. The minimum absolute atomic E-state index is 0.517. The lowest BCUT2D eigenvalue weighted by atomic mass is 9.95. The fourth-order valence-electron chi connectivity index (χ4n) is 3.45. The van der Waals surface area contributed by atoms with Crippen LogP contribution in [0.3, 0.4) is 0 Å². The summed E-state index contributed by atoms with van der Waals surface area (Å²) in [5, 5.41) is 11.3. The Labute approximate surface area is 141 Å². The van der Waals surface area contributed by atoms with Gasteiger partial charge in [-0.2, -0.15) is 10.2 Å². The highest BCUT2D eigenvalue weighted by molar-refractivity contribution is 5.27. The molecule has 0 spiro atoms. The summed E-state index contributed by atoms with van der Waals surface area (Å²) in [6, 6.07) is 10.7. The Kier molecular flexibility index (Phi) is 4.38. The van der Waals surface area contributed by atoms with Crippen molar-refractivity contribution in [2.75, 3.05) is 13.1 Å². The number of hydrogen-bond donors (Lipinski definition) is 1. The second kappa shape index (κ2) is 6.97. The summed E-state index contributed by atoms with van der Waals surface area (Å²) in [6.45, 7) is 4.03. The molecule has 1 aromatic carbocycles. The molecule has 6 heteroatoms. The summed E-state index contributed by atoms with van der Waals surface area (Å²) in [6.07, 6.45) is 7.72. The van der Waals surface area contributed by atoms with Crippen LogP contribution in [0.25, 0.3) is 0 Å². The molecule has 1 aliphatic rings. The highest BCUT2D eigenvalue weighted by atomic mass is 15.3. The van der Waals surface area contributed by atoms with E-state index < -0.39 is 0 Å². The molecule has 124 valence electrons. The third kappa shape index (κ3) is 3.38. The summed E-state index contributed by atoms with van der Waals surface area (Å²) >= 11 is 0. The number of H-pyrrole nitrogens is 1. The van der Waals surface area contributed by atoms with Crippen molar-refractivity contribution in [1.29, 1.82) is 0 Å². The van der Waals surface area contributed by atoms with Gasteiger partial charge in [0.1, 0.15) is 12.2 Å². The number of benzene rings is 1. The second-order valence-electron chi connectivity index (χ2n) is 6.39. The fourth-order valence-corrected chi connectivity index (χ4v) is 3.45. The van der Waals surface area contributed by atoms with Crippen LogP contribution in [0.15, 0.2) is 49.1 Å². The molecular formula is C18H22N6. The standard InChI is InChI=1S/C18H22N6/c1-2-5-17(13-24-9-3-8-21-24)16(4-1)12-23-10-6-15(7-11-23)18-19-14-20-22-18/h1-5,8-9,14-15H,6-7,10-13H2,(H,19,20,22). The van der Waals surface area contributed by atoms with Crippen molar-refractivity contribution in [2.45, 2.75) is 31.8 Å². The first-order valence-electron chi connectivity index (χ1n) is 8.50. The van der Waals surface area contributed by atoms with E-state index in [1.807, 2.05) is 23.1 Å². The van der Waals surface area contributed by atoms with Crippen LogP contribution in [0, 0.1) is 0 Å². The normalized spacial score (nSPS) is 16.5. The van der Waals surface area contributed by atoms with E-state index in [-0.39, 0.29) is 0 Å². The lowest BCUT2D eigenvalue weighted by molar-refractivity contribution is 0.201. The van der Waals surface area contributed by atoms with E-state index in [0.29, 0.717) is 5.92 Å². The van der Waals surface area contributed by atoms with Gasteiger partial charge in [0.15, 0.2) is 0 Å². The summed E-state index contributed by atoms with van der Waals surface area (Å²) in [7, 11) is 0. The number of aromatic nitrogens is 5. The third-order valence-corrected chi connectivity index (χ3v) is 4.81. The van der Waals surface area contributed by atoms with Gasteiger partial charge < -0.3 is 0 Å². The first-order valence-corrected chi connectivity index (χ1v) is 8.50. The number of likely N-dealkylation sites (tertiary alicyclic amines) is 1. The molecule has 3 heterocycles. The molecule has 1 fully saturated rings. The van der Waals surface area contributed by atoms with Crippen LogP contribution in [-0.2, 0) is 13.1 Å². The lowest BCUT2D eigenvalue weighted by Gasteiger charge is -2.31.